The van der Waals surface area contributed by atoms with Crippen molar-refractivity contribution in [2.75, 3.05) is 11.9 Å². The first kappa shape index (κ1) is 22.8. The fourth-order valence-electron chi connectivity index (χ4n) is 3.12. The third-order valence-corrected chi connectivity index (χ3v) is 5.40. The highest BCUT2D eigenvalue weighted by molar-refractivity contribution is 6.42. The number of carbonyl (C=O) groups is 2. The number of anilines is 1. The van der Waals surface area contributed by atoms with Gasteiger partial charge >= 0.3 is 0 Å². The molecule has 1 heterocycles. The molecule has 0 bridgehead atoms. The molecule has 3 rings (SSSR count). The second kappa shape index (κ2) is 11.0. The Bertz CT molecular complexity index is 1070. The van der Waals surface area contributed by atoms with E-state index in [1.165, 1.54) is 6.92 Å². The van der Waals surface area contributed by atoms with Gasteiger partial charge in [-0.1, -0.05) is 41.4 Å². The van der Waals surface area contributed by atoms with Crippen molar-refractivity contribution < 1.29 is 9.59 Å². The molecule has 6 nitrogen and oxygen atoms in total. The van der Waals surface area contributed by atoms with Crippen LogP contribution in [-0.2, 0) is 22.6 Å². The summed E-state index contributed by atoms with van der Waals surface area (Å²) in [6, 6.07) is 13.0. The molecule has 0 aliphatic rings. The maximum absolute atomic E-state index is 12.1. The topological polar surface area (TPSA) is 76.0 Å². The maximum Gasteiger partial charge on any atom is 0.221 e. The van der Waals surface area contributed by atoms with Gasteiger partial charge in [-0.15, -0.1) is 0 Å². The zero-order chi connectivity index (χ0) is 22.2. The van der Waals surface area contributed by atoms with E-state index in [1.807, 2.05) is 41.2 Å². The second-order valence-corrected chi connectivity index (χ2v) is 8.02. The van der Waals surface area contributed by atoms with E-state index in [9.17, 15) is 9.59 Å². The molecule has 0 fully saturated rings. The largest absolute Gasteiger partial charge is 0.356 e. The highest BCUT2D eigenvalue weighted by atomic mass is 35.5. The molecule has 2 aromatic carbocycles. The Morgan fingerprint density at radius 3 is 2.68 bits per heavy atom. The van der Waals surface area contributed by atoms with Crippen LogP contribution in [0, 0.1) is 0 Å². The van der Waals surface area contributed by atoms with Gasteiger partial charge in [0, 0.05) is 43.9 Å². The number of carbonyl (C=O) groups excluding carboxylic acids is 2. The predicted octanol–water partition coefficient (Wildman–Crippen LogP) is 4.95. The summed E-state index contributed by atoms with van der Waals surface area (Å²) < 4.78 is 1.85. The number of hydrogen-bond donors (Lipinski definition) is 2. The molecule has 0 saturated carbocycles. The van der Waals surface area contributed by atoms with Crippen LogP contribution in [-0.4, -0.2) is 28.1 Å². The van der Waals surface area contributed by atoms with Crippen LogP contribution in [0.4, 0.5) is 5.69 Å². The predicted molar refractivity (Wildman–Crippen MR) is 124 cm³/mol. The van der Waals surface area contributed by atoms with Crippen molar-refractivity contribution in [2.45, 2.75) is 32.7 Å². The van der Waals surface area contributed by atoms with Gasteiger partial charge in [-0.25, -0.2) is 0 Å². The van der Waals surface area contributed by atoms with E-state index in [2.05, 4.69) is 15.7 Å². The zero-order valence-corrected chi connectivity index (χ0v) is 18.7. The minimum atomic E-state index is -0.105. The molecule has 0 atom stereocenters. The lowest BCUT2D eigenvalue weighted by Gasteiger charge is -2.06. The van der Waals surface area contributed by atoms with Crippen molar-refractivity contribution in [2.24, 2.45) is 0 Å². The number of aromatic nitrogens is 2. The highest BCUT2D eigenvalue weighted by Gasteiger charge is 2.06. The lowest BCUT2D eigenvalue weighted by Crippen LogP contribution is -2.25. The molecule has 162 valence electrons. The SMILES string of the molecule is CC(=O)Nc1cccc(-c2cnn(CCCNC(=O)CCc3ccc(Cl)c(Cl)c3)c2)c1. The molecule has 3 aromatic rings. The van der Waals surface area contributed by atoms with Crippen LogP contribution in [0.5, 0.6) is 0 Å². The molecule has 1 aromatic heterocycles. The summed E-state index contributed by atoms with van der Waals surface area (Å²) in [6.45, 7) is 2.75. The van der Waals surface area contributed by atoms with Crippen LogP contribution < -0.4 is 10.6 Å². The summed E-state index contributed by atoms with van der Waals surface area (Å²) >= 11 is 11.9. The van der Waals surface area contributed by atoms with Gasteiger partial charge in [0.25, 0.3) is 0 Å². The molecule has 0 radical (unpaired) electrons. The first-order valence-electron chi connectivity index (χ1n) is 10.0. The Morgan fingerprint density at radius 2 is 1.90 bits per heavy atom. The number of aryl methyl sites for hydroxylation is 2. The summed E-state index contributed by atoms with van der Waals surface area (Å²) in [6.07, 6.45) is 5.53. The molecule has 2 N–H and O–H groups in total. The third kappa shape index (κ3) is 7.12. The van der Waals surface area contributed by atoms with Gasteiger partial charge in [-0.2, -0.15) is 5.10 Å². The van der Waals surface area contributed by atoms with E-state index < -0.39 is 0 Å². The van der Waals surface area contributed by atoms with Gasteiger partial charge in [-0.05, 0) is 48.2 Å². The van der Waals surface area contributed by atoms with Crippen LogP contribution >= 0.6 is 23.2 Å². The first-order chi connectivity index (χ1) is 14.9. The maximum atomic E-state index is 12.1. The highest BCUT2D eigenvalue weighted by Crippen LogP contribution is 2.23. The van der Waals surface area contributed by atoms with Crippen molar-refractivity contribution in [3.63, 3.8) is 0 Å². The van der Waals surface area contributed by atoms with Crippen molar-refractivity contribution in [3.05, 3.63) is 70.5 Å². The molecular weight excluding hydrogens is 435 g/mol. The molecule has 2 amide bonds. The van der Waals surface area contributed by atoms with Gasteiger partial charge in [0.15, 0.2) is 0 Å². The van der Waals surface area contributed by atoms with Gasteiger partial charge in [0.2, 0.25) is 11.8 Å². The van der Waals surface area contributed by atoms with E-state index >= 15 is 0 Å². The Balaban J connectivity index is 1.41. The van der Waals surface area contributed by atoms with E-state index in [1.54, 1.807) is 18.3 Å². The number of amides is 2. The van der Waals surface area contributed by atoms with Crippen LogP contribution in [0.1, 0.15) is 25.3 Å². The first-order valence-corrected chi connectivity index (χ1v) is 10.8. The molecule has 0 aliphatic carbocycles. The summed E-state index contributed by atoms with van der Waals surface area (Å²) in [4.78, 5) is 23.3. The molecular formula is C23H24Cl2N4O2. The van der Waals surface area contributed by atoms with Crippen molar-refractivity contribution in [1.29, 1.82) is 0 Å². The molecule has 0 unspecified atom stereocenters. The van der Waals surface area contributed by atoms with Gasteiger partial charge < -0.3 is 10.6 Å². The van der Waals surface area contributed by atoms with Gasteiger partial charge in [0.05, 0.1) is 16.2 Å². The number of benzene rings is 2. The average Bonchev–Trinajstić information content (AvgIpc) is 3.21. The number of rotatable bonds is 9. The second-order valence-electron chi connectivity index (χ2n) is 7.21. The Labute approximate surface area is 191 Å². The Morgan fingerprint density at radius 1 is 1.06 bits per heavy atom. The average molecular weight is 459 g/mol. The van der Waals surface area contributed by atoms with Crippen LogP contribution in [0.2, 0.25) is 10.0 Å². The standard InChI is InChI=1S/C23H24Cl2N4O2/c1-16(30)28-20-5-2-4-18(13-20)19-14-27-29(15-19)11-3-10-26-23(31)9-7-17-6-8-21(24)22(25)12-17/h2,4-6,8,12-15H,3,7,9-11H2,1H3,(H,26,31)(H,28,30). The summed E-state index contributed by atoms with van der Waals surface area (Å²) in [7, 11) is 0. The van der Waals surface area contributed by atoms with Crippen LogP contribution in [0.25, 0.3) is 11.1 Å². The minimum Gasteiger partial charge on any atom is -0.356 e. The van der Waals surface area contributed by atoms with E-state index in [-0.39, 0.29) is 11.8 Å². The van der Waals surface area contributed by atoms with E-state index in [4.69, 9.17) is 23.2 Å². The summed E-state index contributed by atoms with van der Waals surface area (Å²) in [5, 5.41) is 11.1. The lowest BCUT2D eigenvalue weighted by molar-refractivity contribution is -0.121. The van der Waals surface area contributed by atoms with Crippen molar-refractivity contribution in [1.82, 2.24) is 15.1 Å². The fourth-order valence-corrected chi connectivity index (χ4v) is 3.45. The number of hydrogen-bond acceptors (Lipinski definition) is 3. The molecule has 8 heteroatoms. The number of nitrogens with one attached hydrogen (secondary N) is 2. The summed E-state index contributed by atoms with van der Waals surface area (Å²) in [5.74, 6) is -0.103. The quantitative estimate of drug-likeness (QED) is 0.445. The van der Waals surface area contributed by atoms with E-state index in [0.717, 1.165) is 28.8 Å². The molecule has 0 spiro atoms. The number of nitrogens with zero attached hydrogens (tertiary/aromatic N) is 2. The van der Waals surface area contributed by atoms with Crippen molar-refractivity contribution >= 4 is 40.7 Å². The molecule has 0 saturated heterocycles. The summed E-state index contributed by atoms with van der Waals surface area (Å²) in [5.41, 5.74) is 3.68. The Kier molecular flexibility index (Phi) is 8.09. The molecule has 0 aliphatic heterocycles. The third-order valence-electron chi connectivity index (χ3n) is 4.66. The number of halogens is 2. The lowest BCUT2D eigenvalue weighted by atomic mass is 10.1. The van der Waals surface area contributed by atoms with Gasteiger partial charge in [-0.3, -0.25) is 14.3 Å². The van der Waals surface area contributed by atoms with Crippen LogP contribution in [0.3, 0.4) is 0 Å². The van der Waals surface area contributed by atoms with Crippen LogP contribution in [0.15, 0.2) is 54.9 Å². The minimum absolute atomic E-state index is 0.00186. The smallest absolute Gasteiger partial charge is 0.221 e. The van der Waals surface area contributed by atoms with Crippen molar-refractivity contribution in [3.8, 4) is 11.1 Å². The van der Waals surface area contributed by atoms with Gasteiger partial charge in [0.1, 0.15) is 0 Å². The monoisotopic (exact) mass is 458 g/mol. The normalized spacial score (nSPS) is 10.7. The van der Waals surface area contributed by atoms with E-state index in [0.29, 0.717) is 36.0 Å². The zero-order valence-electron chi connectivity index (χ0n) is 17.2. The molecule has 31 heavy (non-hydrogen) atoms. The fraction of sp³-hybridized carbons (Fsp3) is 0.261. The Hall–Kier alpha value is -2.83.